The van der Waals surface area contributed by atoms with Gasteiger partial charge in [-0.05, 0) is 222 Å². The van der Waals surface area contributed by atoms with Gasteiger partial charge in [0.2, 0.25) is 0 Å². The van der Waals surface area contributed by atoms with Crippen molar-refractivity contribution in [2.75, 3.05) is 19.6 Å². The van der Waals surface area contributed by atoms with Gasteiger partial charge in [0.1, 0.15) is 0 Å². The minimum atomic E-state index is -0.339. The first kappa shape index (κ1) is 45.2. The first-order chi connectivity index (χ1) is 33.6. The SMILES string of the molecule is Cc1ccc(N(C2=CC3=C4C(C2)C2=C(C=CC(N(c5ccc(C)cc5)c5cc(C)cc(C)c5)C2)N4c2ccc(N(c4ccc(C)cc4)c4cc(C)cc(C)c4)cc2C3(C)C)c2cc(C)cc(C)c2)cc1. The molecule has 0 bridgehead atoms. The lowest BCUT2D eigenvalue weighted by atomic mass is 9.68. The molecule has 4 nitrogen and oxygen atoms in total. The van der Waals surface area contributed by atoms with Crippen molar-refractivity contribution < 1.29 is 0 Å². The molecule has 4 heteroatoms. The number of nitrogens with zero attached hydrogens (tertiary/aromatic N) is 4. The maximum Gasteiger partial charge on any atom is 0.0564 e. The van der Waals surface area contributed by atoms with Gasteiger partial charge in [0.15, 0.2) is 0 Å². The van der Waals surface area contributed by atoms with E-state index in [9.17, 15) is 0 Å². The Morgan fingerprint density at radius 1 is 0.443 bits per heavy atom. The summed E-state index contributed by atoms with van der Waals surface area (Å²) < 4.78 is 0. The highest BCUT2D eigenvalue weighted by atomic mass is 15.2. The van der Waals surface area contributed by atoms with Crippen molar-refractivity contribution in [3.63, 3.8) is 0 Å². The fraction of sp³-hybridized carbons (Fsp3) is 0.242. The maximum atomic E-state index is 2.67. The highest BCUT2D eigenvalue weighted by Gasteiger charge is 2.50. The predicted octanol–water partition coefficient (Wildman–Crippen LogP) is 17.5. The molecular weight excluding hydrogens is 849 g/mol. The summed E-state index contributed by atoms with van der Waals surface area (Å²) >= 11 is 0. The Morgan fingerprint density at radius 3 is 1.43 bits per heavy atom. The molecule has 2 atom stereocenters. The third-order valence-corrected chi connectivity index (χ3v) is 15.2. The van der Waals surface area contributed by atoms with E-state index in [2.05, 4.69) is 260 Å². The van der Waals surface area contributed by atoms with Gasteiger partial charge in [0, 0.05) is 74.7 Å². The number of allylic oxidation sites excluding steroid dienone is 5. The summed E-state index contributed by atoms with van der Waals surface area (Å²) in [6, 6.07) is 55.6. The topological polar surface area (TPSA) is 13.0 Å². The molecule has 7 aromatic carbocycles. The molecule has 0 amide bonds. The molecule has 4 aliphatic rings. The molecule has 2 aliphatic heterocycles. The zero-order valence-corrected chi connectivity index (χ0v) is 42.9. The lowest BCUT2D eigenvalue weighted by Gasteiger charge is -2.45. The largest absolute Gasteiger partial charge is 0.334 e. The van der Waals surface area contributed by atoms with Gasteiger partial charge in [0.25, 0.3) is 0 Å². The second-order valence-electron chi connectivity index (χ2n) is 21.5. The van der Waals surface area contributed by atoms with Crippen LogP contribution in [0, 0.1) is 68.2 Å². The lowest BCUT2D eigenvalue weighted by Crippen LogP contribution is -2.38. The number of benzene rings is 7. The van der Waals surface area contributed by atoms with Crippen molar-refractivity contribution in [1.82, 2.24) is 0 Å². The van der Waals surface area contributed by atoms with E-state index in [1.807, 2.05) is 0 Å². The van der Waals surface area contributed by atoms with E-state index in [1.165, 1.54) is 118 Å². The third kappa shape index (κ3) is 7.98. The first-order valence-electron chi connectivity index (χ1n) is 25.2. The standard InChI is InChI=1S/C66H66N4/c1-41-12-18-50(19-13-41)67(55-31-44(4)28-45(5)32-55)53-24-26-63-59(37-53)60-38-58(69(52-22-16-43(3)17-23-52)57-35-48(8)30-49(9)36-57)40-62-65(60)70(63)64-27-25-54(39-61(64)66(62,10)11)68(51-20-14-42(2)15-21-51)56-33-46(6)29-47(7)34-56/h12-36,39-40,53,60H,37-38H2,1-11H3. The van der Waals surface area contributed by atoms with Crippen LogP contribution in [-0.2, 0) is 5.41 Å². The zero-order chi connectivity index (χ0) is 48.7. The van der Waals surface area contributed by atoms with Crippen molar-refractivity contribution in [1.29, 1.82) is 0 Å². The molecule has 2 unspecified atom stereocenters. The molecule has 70 heavy (non-hydrogen) atoms. The van der Waals surface area contributed by atoms with Crippen molar-refractivity contribution in [2.24, 2.45) is 5.92 Å². The van der Waals surface area contributed by atoms with Crippen LogP contribution < -0.4 is 19.6 Å². The van der Waals surface area contributed by atoms with E-state index >= 15 is 0 Å². The quantitative estimate of drug-likeness (QED) is 0.143. The predicted molar refractivity (Wildman–Crippen MR) is 297 cm³/mol. The highest BCUT2D eigenvalue weighted by molar-refractivity contribution is 5.85. The second kappa shape index (κ2) is 17.3. The normalized spacial score (nSPS) is 17.5. The molecule has 0 radical (unpaired) electrons. The van der Waals surface area contributed by atoms with Crippen LogP contribution in [0.3, 0.4) is 0 Å². The van der Waals surface area contributed by atoms with E-state index in [-0.39, 0.29) is 17.4 Å². The van der Waals surface area contributed by atoms with Gasteiger partial charge in [-0.15, -0.1) is 0 Å². The second-order valence-corrected chi connectivity index (χ2v) is 21.5. The number of anilines is 8. The summed E-state index contributed by atoms with van der Waals surface area (Å²) in [6.45, 7) is 24.8. The number of hydrogen-bond donors (Lipinski definition) is 0. The first-order valence-corrected chi connectivity index (χ1v) is 25.2. The smallest absolute Gasteiger partial charge is 0.0564 e. The lowest BCUT2D eigenvalue weighted by molar-refractivity contribution is 0.564. The highest BCUT2D eigenvalue weighted by Crippen LogP contribution is 2.60. The minimum Gasteiger partial charge on any atom is -0.334 e. The van der Waals surface area contributed by atoms with Crippen LogP contribution in [0.5, 0.6) is 0 Å². The number of aryl methyl sites for hydroxylation is 9. The molecule has 0 aromatic heterocycles. The summed E-state index contributed by atoms with van der Waals surface area (Å²) in [5.41, 5.74) is 29.0. The molecule has 0 saturated carbocycles. The van der Waals surface area contributed by atoms with Gasteiger partial charge in [-0.3, -0.25) is 0 Å². The van der Waals surface area contributed by atoms with E-state index in [0.717, 1.165) is 24.2 Å². The van der Waals surface area contributed by atoms with E-state index < -0.39 is 0 Å². The van der Waals surface area contributed by atoms with Crippen molar-refractivity contribution in [3.05, 3.63) is 248 Å². The zero-order valence-electron chi connectivity index (χ0n) is 42.9. The average molecular weight is 915 g/mol. The van der Waals surface area contributed by atoms with Gasteiger partial charge in [-0.1, -0.05) is 91.2 Å². The van der Waals surface area contributed by atoms with Crippen LogP contribution in [-0.4, -0.2) is 6.04 Å². The van der Waals surface area contributed by atoms with Crippen molar-refractivity contribution >= 4 is 45.5 Å². The van der Waals surface area contributed by atoms with E-state index in [1.54, 1.807) is 0 Å². The molecular formula is C66H66N4. The van der Waals surface area contributed by atoms with E-state index in [0.29, 0.717) is 0 Å². The summed E-state index contributed by atoms with van der Waals surface area (Å²) in [6.07, 6.45) is 9.35. The Kier molecular flexibility index (Phi) is 11.1. The number of fused-ring (bicyclic) bond motifs is 4. The number of rotatable bonds is 9. The molecule has 2 heterocycles. The van der Waals surface area contributed by atoms with Crippen LogP contribution in [0.4, 0.5) is 45.5 Å². The van der Waals surface area contributed by atoms with Gasteiger partial charge in [-0.25, -0.2) is 0 Å². The monoisotopic (exact) mass is 915 g/mol. The molecule has 0 N–H and O–H groups in total. The van der Waals surface area contributed by atoms with Crippen LogP contribution in [0.25, 0.3) is 0 Å². The Bertz CT molecular complexity index is 3280. The van der Waals surface area contributed by atoms with Gasteiger partial charge < -0.3 is 19.6 Å². The summed E-state index contributed by atoms with van der Waals surface area (Å²) in [5.74, 6) is 0.182. The van der Waals surface area contributed by atoms with E-state index in [4.69, 9.17) is 0 Å². The summed E-state index contributed by atoms with van der Waals surface area (Å²) in [4.78, 5) is 10.3. The van der Waals surface area contributed by atoms with Crippen molar-refractivity contribution in [2.45, 2.75) is 100 Å². The number of hydrogen-bond acceptors (Lipinski definition) is 4. The molecule has 7 aromatic rings. The Balaban J connectivity index is 1.12. The molecule has 350 valence electrons. The fourth-order valence-electron chi connectivity index (χ4n) is 12.1. The minimum absolute atomic E-state index is 0.116. The molecule has 0 spiro atoms. The van der Waals surface area contributed by atoms with Gasteiger partial charge >= 0.3 is 0 Å². The molecule has 0 fully saturated rings. The molecule has 2 aliphatic carbocycles. The van der Waals surface area contributed by atoms with Crippen molar-refractivity contribution in [3.8, 4) is 0 Å². The van der Waals surface area contributed by atoms with Crippen LogP contribution in [0.2, 0.25) is 0 Å². The Hall–Kier alpha value is -7.30. The van der Waals surface area contributed by atoms with Gasteiger partial charge in [0.05, 0.1) is 11.7 Å². The average Bonchev–Trinajstić information content (AvgIpc) is 3.63. The Labute approximate surface area is 417 Å². The third-order valence-electron chi connectivity index (χ3n) is 15.2. The summed E-state index contributed by atoms with van der Waals surface area (Å²) in [7, 11) is 0. The van der Waals surface area contributed by atoms with Crippen LogP contribution in [0.15, 0.2) is 192 Å². The fourth-order valence-corrected chi connectivity index (χ4v) is 12.1. The van der Waals surface area contributed by atoms with Crippen LogP contribution in [0.1, 0.15) is 82.3 Å². The van der Waals surface area contributed by atoms with Gasteiger partial charge in [-0.2, -0.15) is 0 Å². The molecule has 11 rings (SSSR count). The Morgan fingerprint density at radius 2 is 0.900 bits per heavy atom. The molecule has 0 saturated heterocycles. The van der Waals surface area contributed by atoms with Crippen LogP contribution >= 0.6 is 0 Å². The summed E-state index contributed by atoms with van der Waals surface area (Å²) in [5, 5.41) is 0. The maximum absolute atomic E-state index is 2.67.